The number of hydrogen-bond acceptors (Lipinski definition) is 7. The number of nitrogens with zero attached hydrogens (tertiary/aromatic N) is 6. The number of aromatic nitrogens is 3. The number of halogens is 2. The van der Waals surface area contributed by atoms with Crippen molar-refractivity contribution in [2.45, 2.75) is 0 Å². The van der Waals surface area contributed by atoms with E-state index in [9.17, 15) is 0 Å². The summed E-state index contributed by atoms with van der Waals surface area (Å²) in [6.07, 6.45) is 1.82. The average Bonchev–Trinajstić information content (AvgIpc) is 2.76. The van der Waals surface area contributed by atoms with Gasteiger partial charge in [0.15, 0.2) is 0 Å². The summed E-state index contributed by atoms with van der Waals surface area (Å²) < 4.78 is 0. The van der Waals surface area contributed by atoms with Crippen LogP contribution >= 0.6 is 23.2 Å². The van der Waals surface area contributed by atoms with Crippen molar-refractivity contribution in [1.82, 2.24) is 15.0 Å². The van der Waals surface area contributed by atoms with Crippen LogP contribution in [0.3, 0.4) is 0 Å². The summed E-state index contributed by atoms with van der Waals surface area (Å²) in [4.78, 5) is 20.4. The fourth-order valence-corrected chi connectivity index (χ4v) is 3.72. The first-order valence-corrected chi connectivity index (χ1v) is 10.4. The van der Waals surface area contributed by atoms with Crippen LogP contribution in [0.1, 0.15) is 0 Å². The molecule has 4 rings (SSSR count). The molecule has 30 heavy (non-hydrogen) atoms. The molecule has 7 nitrogen and oxygen atoms in total. The van der Waals surface area contributed by atoms with E-state index in [1.807, 2.05) is 55.5 Å². The van der Waals surface area contributed by atoms with Crippen molar-refractivity contribution in [3.63, 3.8) is 0 Å². The van der Waals surface area contributed by atoms with Crippen molar-refractivity contribution in [3.05, 3.63) is 58.7 Å². The maximum atomic E-state index is 6.32. The third-order valence-electron chi connectivity index (χ3n) is 4.89. The summed E-state index contributed by atoms with van der Waals surface area (Å²) in [6, 6.07) is 13.2. The Morgan fingerprint density at radius 3 is 2.37 bits per heavy atom. The van der Waals surface area contributed by atoms with Gasteiger partial charge in [-0.15, -0.1) is 0 Å². The summed E-state index contributed by atoms with van der Waals surface area (Å²) in [5, 5.41) is 4.42. The highest BCUT2D eigenvalue weighted by molar-refractivity contribution is 6.36. The molecule has 0 aliphatic carbocycles. The molecule has 3 heterocycles. The number of pyridine rings is 1. The van der Waals surface area contributed by atoms with Crippen molar-refractivity contribution >= 4 is 52.3 Å². The van der Waals surface area contributed by atoms with E-state index in [1.165, 1.54) is 0 Å². The highest BCUT2D eigenvalue weighted by Crippen LogP contribution is 2.29. The van der Waals surface area contributed by atoms with E-state index < -0.39 is 0 Å². The zero-order valence-electron chi connectivity index (χ0n) is 16.9. The minimum Gasteiger partial charge on any atom is -0.363 e. The van der Waals surface area contributed by atoms with Crippen LogP contribution in [0.15, 0.2) is 48.7 Å². The van der Waals surface area contributed by atoms with Crippen molar-refractivity contribution in [2.24, 2.45) is 0 Å². The number of anilines is 5. The fraction of sp³-hybridized carbons (Fsp3) is 0.286. The van der Waals surface area contributed by atoms with Gasteiger partial charge in [0.05, 0.1) is 10.7 Å². The summed E-state index contributed by atoms with van der Waals surface area (Å²) in [5.74, 6) is 3.19. The molecular formula is C21H23Cl2N7. The Balaban J connectivity index is 1.54. The van der Waals surface area contributed by atoms with Gasteiger partial charge in [-0.1, -0.05) is 29.3 Å². The second-order valence-electron chi connectivity index (χ2n) is 7.22. The lowest BCUT2D eigenvalue weighted by Gasteiger charge is -2.35. The normalized spacial score (nSPS) is 14.0. The molecule has 0 amide bonds. The van der Waals surface area contributed by atoms with E-state index in [1.54, 1.807) is 12.1 Å². The molecule has 1 aliphatic heterocycles. The van der Waals surface area contributed by atoms with Crippen LogP contribution in [0, 0.1) is 0 Å². The lowest BCUT2D eigenvalue weighted by Crippen LogP contribution is -2.47. The third-order valence-corrected chi connectivity index (χ3v) is 5.44. The molecule has 0 bridgehead atoms. The van der Waals surface area contributed by atoms with Crippen LogP contribution in [-0.2, 0) is 0 Å². The molecule has 1 fully saturated rings. The Labute approximate surface area is 186 Å². The van der Waals surface area contributed by atoms with E-state index >= 15 is 0 Å². The van der Waals surface area contributed by atoms with Gasteiger partial charge in [0.2, 0.25) is 5.95 Å². The minimum atomic E-state index is 0.540. The molecular weight excluding hydrogens is 421 g/mol. The fourth-order valence-electron chi connectivity index (χ4n) is 3.26. The highest BCUT2D eigenvalue weighted by atomic mass is 35.5. The number of benzene rings is 1. The Kier molecular flexibility index (Phi) is 6.11. The predicted octanol–water partition coefficient (Wildman–Crippen LogP) is 4.31. The largest absolute Gasteiger partial charge is 0.363 e. The molecule has 3 aromatic rings. The monoisotopic (exact) mass is 443 g/mol. The molecule has 9 heteroatoms. The summed E-state index contributed by atoms with van der Waals surface area (Å²) in [5.41, 5.74) is 0.746. The second-order valence-corrected chi connectivity index (χ2v) is 8.06. The van der Waals surface area contributed by atoms with Gasteiger partial charge in [-0.3, -0.25) is 0 Å². The van der Waals surface area contributed by atoms with Crippen LogP contribution < -0.4 is 20.0 Å². The Hall–Kier alpha value is -2.77. The van der Waals surface area contributed by atoms with Crippen LogP contribution in [0.4, 0.5) is 29.1 Å². The topological polar surface area (TPSA) is 60.4 Å². The van der Waals surface area contributed by atoms with Gasteiger partial charge < -0.3 is 20.0 Å². The van der Waals surface area contributed by atoms with Gasteiger partial charge in [0.1, 0.15) is 17.5 Å². The standard InChI is InChI=1S/C21H23Cl2N7/c1-28(2)20-14-18(25-17-7-6-15(22)13-16(17)23)26-21(27-20)30-11-9-29(10-12-30)19-5-3-4-8-24-19/h3-8,13-14H,9-12H2,1-2H3,(H,25,26,27). The first-order valence-electron chi connectivity index (χ1n) is 9.69. The molecule has 0 radical (unpaired) electrons. The van der Waals surface area contributed by atoms with Crippen molar-refractivity contribution in [1.29, 1.82) is 0 Å². The van der Waals surface area contributed by atoms with Gasteiger partial charge in [0, 0.05) is 57.6 Å². The molecule has 1 saturated heterocycles. The molecule has 2 aromatic heterocycles. The van der Waals surface area contributed by atoms with E-state index in [0.29, 0.717) is 21.8 Å². The summed E-state index contributed by atoms with van der Waals surface area (Å²) in [6.45, 7) is 3.35. The lowest BCUT2D eigenvalue weighted by molar-refractivity contribution is 0.635. The molecule has 1 N–H and O–H groups in total. The smallest absolute Gasteiger partial charge is 0.229 e. The number of hydrogen-bond donors (Lipinski definition) is 1. The number of nitrogens with one attached hydrogen (secondary N) is 1. The Morgan fingerprint density at radius 1 is 0.933 bits per heavy atom. The zero-order valence-corrected chi connectivity index (χ0v) is 18.4. The molecule has 0 unspecified atom stereocenters. The highest BCUT2D eigenvalue weighted by Gasteiger charge is 2.21. The zero-order chi connectivity index (χ0) is 21.1. The molecule has 0 atom stereocenters. The molecule has 1 aliphatic rings. The minimum absolute atomic E-state index is 0.540. The van der Waals surface area contributed by atoms with Crippen LogP contribution in [0.5, 0.6) is 0 Å². The van der Waals surface area contributed by atoms with E-state index in [-0.39, 0.29) is 0 Å². The van der Waals surface area contributed by atoms with Crippen molar-refractivity contribution < 1.29 is 0 Å². The van der Waals surface area contributed by atoms with Crippen molar-refractivity contribution in [2.75, 3.05) is 60.3 Å². The van der Waals surface area contributed by atoms with E-state index in [4.69, 9.17) is 33.2 Å². The van der Waals surface area contributed by atoms with Crippen LogP contribution in [-0.4, -0.2) is 55.2 Å². The van der Waals surface area contributed by atoms with Gasteiger partial charge in [-0.2, -0.15) is 9.97 Å². The molecule has 1 aromatic carbocycles. The molecule has 156 valence electrons. The quantitative estimate of drug-likeness (QED) is 0.629. The van der Waals surface area contributed by atoms with E-state index in [2.05, 4.69) is 20.1 Å². The molecule has 0 saturated carbocycles. The Bertz CT molecular complexity index is 1010. The van der Waals surface area contributed by atoms with Gasteiger partial charge in [0.25, 0.3) is 0 Å². The summed E-state index contributed by atoms with van der Waals surface area (Å²) in [7, 11) is 3.92. The average molecular weight is 444 g/mol. The van der Waals surface area contributed by atoms with Gasteiger partial charge >= 0.3 is 0 Å². The first-order chi connectivity index (χ1) is 14.5. The van der Waals surface area contributed by atoms with Crippen molar-refractivity contribution in [3.8, 4) is 0 Å². The van der Waals surface area contributed by atoms with Crippen LogP contribution in [0.25, 0.3) is 0 Å². The van der Waals surface area contributed by atoms with Crippen LogP contribution in [0.2, 0.25) is 10.0 Å². The SMILES string of the molecule is CN(C)c1cc(Nc2ccc(Cl)cc2Cl)nc(N2CCN(c3ccccn3)CC2)n1. The maximum absolute atomic E-state index is 6.32. The summed E-state index contributed by atoms with van der Waals surface area (Å²) >= 11 is 12.3. The van der Waals surface area contributed by atoms with Gasteiger partial charge in [-0.05, 0) is 30.3 Å². The Morgan fingerprint density at radius 2 is 1.70 bits per heavy atom. The number of piperazine rings is 1. The second kappa shape index (κ2) is 8.93. The van der Waals surface area contributed by atoms with E-state index in [0.717, 1.165) is 43.5 Å². The maximum Gasteiger partial charge on any atom is 0.229 e. The predicted molar refractivity (Wildman–Crippen MR) is 125 cm³/mol. The number of rotatable bonds is 5. The first kappa shape index (κ1) is 20.5. The lowest BCUT2D eigenvalue weighted by atomic mass is 10.3. The third kappa shape index (κ3) is 4.68. The molecule has 0 spiro atoms. The van der Waals surface area contributed by atoms with Gasteiger partial charge in [-0.25, -0.2) is 4.98 Å².